The smallest absolute Gasteiger partial charge is 0.237 e. The van der Waals surface area contributed by atoms with Crippen molar-refractivity contribution < 1.29 is 9.47 Å². The first-order valence-electron chi connectivity index (χ1n) is 17.8. The van der Waals surface area contributed by atoms with Crippen molar-refractivity contribution in [2.24, 2.45) is 0 Å². The molecule has 3 saturated heterocycles. The molecular formula is C40H47ClN8O2. The van der Waals surface area contributed by atoms with Crippen LogP contribution in [-0.2, 0) is 13.1 Å². The SMILES string of the molecule is C=C1CC[C@H](CNCc2ncc(-c3cccc(-c4cccc(-c5cnc(CN6CCC7(CCC(=C)N7)CC6)c(OC)n5)c4Cl)c3C)nc2OC)N1. The molecule has 3 N–H and O–H groups in total. The van der Waals surface area contributed by atoms with E-state index in [1.807, 2.05) is 30.5 Å². The van der Waals surface area contributed by atoms with Crippen LogP contribution in [-0.4, -0.2) is 70.3 Å². The molecule has 10 nitrogen and oxygen atoms in total. The van der Waals surface area contributed by atoms with Crippen LogP contribution in [0.15, 0.2) is 73.3 Å². The quantitative estimate of drug-likeness (QED) is 0.154. The normalized spacial score (nSPS) is 18.5. The number of piperidine rings is 1. The molecule has 1 atom stereocenters. The first-order chi connectivity index (χ1) is 24.8. The second-order valence-electron chi connectivity index (χ2n) is 14.0. The van der Waals surface area contributed by atoms with Crippen molar-refractivity contribution in [3.05, 3.63) is 95.3 Å². The molecule has 4 aromatic rings. The zero-order valence-electron chi connectivity index (χ0n) is 29.8. The van der Waals surface area contributed by atoms with Crippen LogP contribution in [0.1, 0.15) is 55.5 Å². The van der Waals surface area contributed by atoms with Gasteiger partial charge in [0.15, 0.2) is 0 Å². The molecule has 266 valence electrons. The Morgan fingerprint density at radius 3 is 2.18 bits per heavy atom. The third-order valence-corrected chi connectivity index (χ3v) is 11.0. The fourth-order valence-corrected chi connectivity index (χ4v) is 7.99. The van der Waals surface area contributed by atoms with E-state index in [4.69, 9.17) is 41.0 Å². The molecule has 3 aliphatic rings. The second kappa shape index (κ2) is 15.0. The molecule has 0 saturated carbocycles. The van der Waals surface area contributed by atoms with Gasteiger partial charge in [-0.3, -0.25) is 14.9 Å². The van der Waals surface area contributed by atoms with E-state index in [1.165, 1.54) is 12.1 Å². The van der Waals surface area contributed by atoms with Crippen LogP contribution in [0.5, 0.6) is 11.8 Å². The molecule has 0 unspecified atom stereocenters. The molecule has 7 rings (SSSR count). The van der Waals surface area contributed by atoms with Crippen molar-refractivity contribution in [1.82, 2.24) is 40.8 Å². The predicted molar refractivity (Wildman–Crippen MR) is 203 cm³/mol. The molecule has 0 amide bonds. The minimum Gasteiger partial charge on any atom is -0.480 e. The minimum atomic E-state index is 0.207. The van der Waals surface area contributed by atoms with Gasteiger partial charge in [0.2, 0.25) is 11.8 Å². The average molecular weight is 707 g/mol. The monoisotopic (exact) mass is 706 g/mol. The minimum absolute atomic E-state index is 0.207. The predicted octanol–water partition coefficient (Wildman–Crippen LogP) is 6.83. The maximum Gasteiger partial charge on any atom is 0.237 e. The first kappa shape index (κ1) is 34.9. The number of benzene rings is 2. The molecule has 0 aliphatic carbocycles. The van der Waals surface area contributed by atoms with E-state index in [2.05, 4.69) is 53.1 Å². The zero-order chi connectivity index (χ0) is 35.5. The van der Waals surface area contributed by atoms with Gasteiger partial charge in [0, 0.05) is 72.4 Å². The maximum absolute atomic E-state index is 7.19. The average Bonchev–Trinajstić information content (AvgIpc) is 3.73. The van der Waals surface area contributed by atoms with Crippen LogP contribution >= 0.6 is 11.6 Å². The first-order valence-corrected chi connectivity index (χ1v) is 18.2. The molecule has 5 heterocycles. The summed E-state index contributed by atoms with van der Waals surface area (Å²) in [5.41, 5.74) is 10.1. The summed E-state index contributed by atoms with van der Waals surface area (Å²) in [5, 5.41) is 11.1. The largest absolute Gasteiger partial charge is 0.480 e. The highest BCUT2D eigenvalue weighted by molar-refractivity contribution is 6.36. The van der Waals surface area contributed by atoms with E-state index in [0.717, 1.165) is 102 Å². The summed E-state index contributed by atoms with van der Waals surface area (Å²) in [6.45, 7) is 14.3. The summed E-state index contributed by atoms with van der Waals surface area (Å²) in [7, 11) is 3.28. The Morgan fingerprint density at radius 2 is 1.51 bits per heavy atom. The number of hydrogen-bond donors (Lipinski definition) is 3. The second-order valence-corrected chi connectivity index (χ2v) is 14.3. The fraction of sp³-hybridized carbons (Fsp3) is 0.400. The number of allylic oxidation sites excluding steroid dienone is 2. The van der Waals surface area contributed by atoms with Gasteiger partial charge in [-0.1, -0.05) is 61.2 Å². The molecule has 2 aromatic carbocycles. The Bertz CT molecular complexity index is 1940. The molecule has 11 heteroatoms. The van der Waals surface area contributed by atoms with Crippen LogP contribution in [0, 0.1) is 6.92 Å². The zero-order valence-corrected chi connectivity index (χ0v) is 30.6. The molecule has 3 fully saturated rings. The number of hydrogen-bond acceptors (Lipinski definition) is 10. The highest BCUT2D eigenvalue weighted by Gasteiger charge is 2.38. The number of aromatic nitrogens is 4. The number of rotatable bonds is 11. The van der Waals surface area contributed by atoms with Crippen LogP contribution in [0.25, 0.3) is 33.6 Å². The molecular weight excluding hydrogens is 660 g/mol. The van der Waals surface area contributed by atoms with E-state index in [-0.39, 0.29) is 5.54 Å². The summed E-state index contributed by atoms with van der Waals surface area (Å²) in [6.07, 6.45) is 10.2. The van der Waals surface area contributed by atoms with Crippen LogP contribution in [0.2, 0.25) is 5.02 Å². The molecule has 3 aliphatic heterocycles. The van der Waals surface area contributed by atoms with E-state index in [0.29, 0.717) is 41.6 Å². The van der Waals surface area contributed by atoms with Crippen molar-refractivity contribution in [1.29, 1.82) is 0 Å². The van der Waals surface area contributed by atoms with Crippen molar-refractivity contribution in [2.75, 3.05) is 33.9 Å². The fourth-order valence-electron chi connectivity index (χ4n) is 7.67. The lowest BCUT2D eigenvalue weighted by Crippen LogP contribution is -2.49. The van der Waals surface area contributed by atoms with Gasteiger partial charge < -0.3 is 25.4 Å². The van der Waals surface area contributed by atoms with Crippen molar-refractivity contribution in [3.8, 4) is 45.4 Å². The topological polar surface area (TPSA) is 109 Å². The summed E-state index contributed by atoms with van der Waals surface area (Å²) in [6, 6.07) is 12.5. The van der Waals surface area contributed by atoms with Gasteiger partial charge in [0.05, 0.1) is 43.0 Å². The molecule has 51 heavy (non-hydrogen) atoms. The molecule has 0 bridgehead atoms. The van der Waals surface area contributed by atoms with Gasteiger partial charge in [-0.2, -0.15) is 0 Å². The highest BCUT2D eigenvalue weighted by atomic mass is 35.5. The van der Waals surface area contributed by atoms with E-state index in [9.17, 15) is 0 Å². The van der Waals surface area contributed by atoms with Gasteiger partial charge in [0.25, 0.3) is 0 Å². The summed E-state index contributed by atoms with van der Waals surface area (Å²) >= 11 is 7.19. The van der Waals surface area contributed by atoms with Crippen LogP contribution < -0.4 is 25.4 Å². The van der Waals surface area contributed by atoms with Gasteiger partial charge >= 0.3 is 0 Å². The van der Waals surface area contributed by atoms with Gasteiger partial charge in [-0.25, -0.2) is 9.97 Å². The highest BCUT2D eigenvalue weighted by Crippen LogP contribution is 2.40. The Balaban J connectivity index is 1.08. The third kappa shape index (κ3) is 7.45. The lowest BCUT2D eigenvalue weighted by atomic mass is 9.86. The van der Waals surface area contributed by atoms with E-state index < -0.39 is 0 Å². The van der Waals surface area contributed by atoms with E-state index >= 15 is 0 Å². The molecule has 1 spiro atoms. The summed E-state index contributed by atoms with van der Waals surface area (Å²) in [5.74, 6) is 1.03. The Kier molecular flexibility index (Phi) is 10.3. The molecule has 0 radical (unpaired) electrons. The lowest BCUT2D eigenvalue weighted by Gasteiger charge is -2.39. The van der Waals surface area contributed by atoms with Crippen LogP contribution in [0.3, 0.4) is 0 Å². The molecule has 2 aromatic heterocycles. The van der Waals surface area contributed by atoms with Crippen molar-refractivity contribution in [2.45, 2.75) is 70.1 Å². The van der Waals surface area contributed by atoms with Gasteiger partial charge in [-0.05, 0) is 56.6 Å². The number of halogens is 1. The maximum atomic E-state index is 7.19. The standard InChI is InChI=1S/C40H47ClN8O2/c1-25-12-13-28(45-25)20-42-21-35-38(50-4)46-33(22-43-35)30-9-6-8-29(27(30)3)31-10-7-11-32(37(31)41)34-23-44-36(39(47-34)51-5)24-49-18-16-40(17-19-49)15-14-26(2)48-40/h6-11,22-23,28,42,45,48H,1-2,12-21,24H2,3-5H3/t28-/m1/s1. The van der Waals surface area contributed by atoms with Gasteiger partial charge in [0.1, 0.15) is 11.4 Å². The summed E-state index contributed by atoms with van der Waals surface area (Å²) in [4.78, 5) is 21.8. The number of methoxy groups -OCH3 is 2. The van der Waals surface area contributed by atoms with Crippen LogP contribution in [0.4, 0.5) is 0 Å². The Morgan fingerprint density at radius 1 is 0.863 bits per heavy atom. The Labute approximate surface area is 305 Å². The van der Waals surface area contributed by atoms with E-state index in [1.54, 1.807) is 20.4 Å². The van der Waals surface area contributed by atoms with Crippen molar-refractivity contribution >= 4 is 11.6 Å². The lowest BCUT2D eigenvalue weighted by molar-refractivity contribution is 0.142. The third-order valence-electron chi connectivity index (χ3n) is 10.6. The number of nitrogens with one attached hydrogen (secondary N) is 3. The summed E-state index contributed by atoms with van der Waals surface area (Å²) < 4.78 is 11.5. The number of likely N-dealkylation sites (tertiary alicyclic amines) is 1. The van der Waals surface area contributed by atoms with Gasteiger partial charge in [-0.15, -0.1) is 0 Å². The van der Waals surface area contributed by atoms with Crippen molar-refractivity contribution in [3.63, 3.8) is 0 Å². The Hall–Kier alpha value is -4.51. The number of ether oxygens (including phenoxy) is 2. The number of nitrogens with zero attached hydrogens (tertiary/aromatic N) is 5.